The first-order valence-corrected chi connectivity index (χ1v) is 8.03. The lowest BCUT2D eigenvalue weighted by molar-refractivity contribution is 0.481. The Kier molecular flexibility index (Phi) is 3.19. The SMILES string of the molecule is CC(C)c1ccc2c(c1)C(c1cccc3cccc(O)c13)N=C2. The van der Waals surface area contributed by atoms with Crippen LogP contribution in [0.25, 0.3) is 10.8 Å². The second-order valence-corrected chi connectivity index (χ2v) is 6.45. The van der Waals surface area contributed by atoms with Gasteiger partial charge in [0.25, 0.3) is 0 Å². The van der Waals surface area contributed by atoms with Gasteiger partial charge in [-0.25, -0.2) is 0 Å². The molecule has 0 aromatic heterocycles. The van der Waals surface area contributed by atoms with Crippen LogP contribution in [0, 0.1) is 0 Å². The van der Waals surface area contributed by atoms with Gasteiger partial charge < -0.3 is 5.11 Å². The van der Waals surface area contributed by atoms with Crippen molar-refractivity contribution in [2.24, 2.45) is 4.99 Å². The van der Waals surface area contributed by atoms with Crippen LogP contribution in [0.4, 0.5) is 0 Å². The third kappa shape index (κ3) is 2.22. The van der Waals surface area contributed by atoms with Crippen molar-refractivity contribution in [2.75, 3.05) is 0 Å². The average molecular weight is 301 g/mol. The minimum absolute atomic E-state index is 0.0410. The molecule has 2 heteroatoms. The topological polar surface area (TPSA) is 32.6 Å². The lowest BCUT2D eigenvalue weighted by Gasteiger charge is -2.16. The zero-order valence-corrected chi connectivity index (χ0v) is 13.3. The van der Waals surface area contributed by atoms with Crippen LogP contribution < -0.4 is 0 Å². The maximum atomic E-state index is 10.4. The highest BCUT2D eigenvalue weighted by Crippen LogP contribution is 2.40. The number of aromatic hydroxyl groups is 1. The molecule has 23 heavy (non-hydrogen) atoms. The Morgan fingerprint density at radius 1 is 0.957 bits per heavy atom. The number of hydrogen-bond donors (Lipinski definition) is 1. The molecule has 3 aromatic carbocycles. The summed E-state index contributed by atoms with van der Waals surface area (Å²) >= 11 is 0. The van der Waals surface area contributed by atoms with E-state index in [1.54, 1.807) is 6.07 Å². The monoisotopic (exact) mass is 301 g/mol. The van der Waals surface area contributed by atoms with E-state index in [9.17, 15) is 5.11 Å². The van der Waals surface area contributed by atoms with Crippen LogP contribution in [0.1, 0.15) is 48.1 Å². The summed E-state index contributed by atoms with van der Waals surface area (Å²) in [5.74, 6) is 0.809. The van der Waals surface area contributed by atoms with E-state index in [1.165, 1.54) is 16.7 Å². The largest absolute Gasteiger partial charge is 0.507 e. The number of nitrogens with zero attached hydrogens (tertiary/aromatic N) is 1. The van der Waals surface area contributed by atoms with Gasteiger partial charge in [-0.1, -0.05) is 62.4 Å². The van der Waals surface area contributed by atoms with Crippen LogP contribution in [0.5, 0.6) is 5.75 Å². The molecule has 0 bridgehead atoms. The smallest absolute Gasteiger partial charge is 0.123 e. The minimum atomic E-state index is -0.0410. The number of phenols is 1. The second-order valence-electron chi connectivity index (χ2n) is 6.45. The molecule has 1 aliphatic heterocycles. The summed E-state index contributed by atoms with van der Waals surface area (Å²) in [6.07, 6.45) is 1.95. The Bertz CT molecular complexity index is 919. The van der Waals surface area contributed by atoms with Crippen molar-refractivity contribution in [3.05, 3.63) is 76.9 Å². The molecule has 1 atom stereocenters. The van der Waals surface area contributed by atoms with E-state index in [1.807, 2.05) is 30.5 Å². The molecule has 0 saturated carbocycles. The fourth-order valence-corrected chi connectivity index (χ4v) is 3.37. The van der Waals surface area contributed by atoms with E-state index in [-0.39, 0.29) is 6.04 Å². The molecule has 1 heterocycles. The Hall–Kier alpha value is -2.61. The predicted molar refractivity (Wildman–Crippen MR) is 95.6 cm³/mol. The fraction of sp³-hybridized carbons (Fsp3) is 0.190. The summed E-state index contributed by atoms with van der Waals surface area (Å²) in [4.78, 5) is 4.73. The maximum absolute atomic E-state index is 10.4. The summed E-state index contributed by atoms with van der Waals surface area (Å²) in [6.45, 7) is 4.41. The van der Waals surface area contributed by atoms with Gasteiger partial charge in [-0.15, -0.1) is 0 Å². The van der Waals surface area contributed by atoms with E-state index in [0.29, 0.717) is 11.7 Å². The van der Waals surface area contributed by atoms with Gasteiger partial charge in [-0.05, 0) is 39.6 Å². The van der Waals surface area contributed by atoms with Gasteiger partial charge in [0.2, 0.25) is 0 Å². The highest BCUT2D eigenvalue weighted by molar-refractivity contribution is 5.94. The van der Waals surface area contributed by atoms with E-state index in [2.05, 4.69) is 38.1 Å². The summed E-state index contributed by atoms with van der Waals surface area (Å²) in [5, 5.41) is 12.3. The zero-order chi connectivity index (χ0) is 16.0. The van der Waals surface area contributed by atoms with Crippen LogP contribution in [-0.4, -0.2) is 11.3 Å². The summed E-state index contributed by atoms with van der Waals surface area (Å²) < 4.78 is 0. The van der Waals surface area contributed by atoms with Gasteiger partial charge in [0.05, 0.1) is 0 Å². The molecule has 0 aliphatic carbocycles. The number of hydrogen-bond acceptors (Lipinski definition) is 2. The molecule has 1 aliphatic rings. The predicted octanol–water partition coefficient (Wildman–Crippen LogP) is 5.19. The van der Waals surface area contributed by atoms with Crippen molar-refractivity contribution >= 4 is 17.0 Å². The third-order valence-electron chi connectivity index (χ3n) is 4.64. The number of aliphatic imine (C=N–C) groups is 1. The molecule has 0 spiro atoms. The van der Waals surface area contributed by atoms with Crippen molar-refractivity contribution in [3.8, 4) is 5.75 Å². The van der Waals surface area contributed by atoms with Crippen LogP contribution in [-0.2, 0) is 0 Å². The van der Waals surface area contributed by atoms with Gasteiger partial charge in [0, 0.05) is 11.6 Å². The van der Waals surface area contributed by atoms with E-state index < -0.39 is 0 Å². The Balaban J connectivity index is 1.92. The number of fused-ring (bicyclic) bond motifs is 2. The normalized spacial score (nSPS) is 16.2. The molecule has 4 rings (SSSR count). The lowest BCUT2D eigenvalue weighted by atomic mass is 9.90. The van der Waals surface area contributed by atoms with Crippen LogP contribution in [0.3, 0.4) is 0 Å². The average Bonchev–Trinajstić information content (AvgIpc) is 2.97. The van der Waals surface area contributed by atoms with Crippen molar-refractivity contribution in [3.63, 3.8) is 0 Å². The Morgan fingerprint density at radius 3 is 2.52 bits per heavy atom. The minimum Gasteiger partial charge on any atom is -0.507 e. The van der Waals surface area contributed by atoms with Crippen molar-refractivity contribution in [2.45, 2.75) is 25.8 Å². The van der Waals surface area contributed by atoms with Gasteiger partial charge in [0.1, 0.15) is 11.8 Å². The Morgan fingerprint density at radius 2 is 1.74 bits per heavy atom. The standard InChI is InChI=1S/C21H19NO/c1-13(2)15-9-10-16-12-22-21(18(16)11-15)17-7-3-5-14-6-4-8-19(23)20(14)17/h3-13,21,23H,1-2H3. The summed E-state index contributed by atoms with van der Waals surface area (Å²) in [7, 11) is 0. The highest BCUT2D eigenvalue weighted by Gasteiger charge is 2.23. The first kappa shape index (κ1) is 14.0. The highest BCUT2D eigenvalue weighted by atomic mass is 16.3. The van der Waals surface area contributed by atoms with Crippen LogP contribution in [0.2, 0.25) is 0 Å². The van der Waals surface area contributed by atoms with Gasteiger partial charge in [-0.3, -0.25) is 4.99 Å². The first-order chi connectivity index (χ1) is 11.1. The van der Waals surface area contributed by atoms with Crippen molar-refractivity contribution in [1.82, 2.24) is 0 Å². The molecule has 0 fully saturated rings. The van der Waals surface area contributed by atoms with E-state index >= 15 is 0 Å². The van der Waals surface area contributed by atoms with Crippen molar-refractivity contribution in [1.29, 1.82) is 0 Å². The summed E-state index contributed by atoms with van der Waals surface area (Å²) in [5.41, 5.74) is 4.79. The molecule has 2 nitrogen and oxygen atoms in total. The maximum Gasteiger partial charge on any atom is 0.123 e. The molecular weight excluding hydrogens is 282 g/mol. The van der Waals surface area contributed by atoms with E-state index in [0.717, 1.165) is 16.3 Å². The fourth-order valence-electron chi connectivity index (χ4n) is 3.37. The molecular formula is C21H19NO. The summed E-state index contributed by atoms with van der Waals surface area (Å²) in [6, 6.07) is 18.3. The molecule has 3 aromatic rings. The van der Waals surface area contributed by atoms with E-state index in [4.69, 9.17) is 4.99 Å². The molecule has 1 N–H and O–H groups in total. The lowest BCUT2D eigenvalue weighted by Crippen LogP contribution is -1.99. The van der Waals surface area contributed by atoms with Gasteiger partial charge in [0.15, 0.2) is 0 Å². The molecule has 114 valence electrons. The second kappa shape index (κ2) is 5.24. The van der Waals surface area contributed by atoms with Gasteiger partial charge >= 0.3 is 0 Å². The molecule has 0 radical (unpaired) electrons. The third-order valence-corrected chi connectivity index (χ3v) is 4.64. The molecule has 0 amide bonds. The van der Waals surface area contributed by atoms with Gasteiger partial charge in [-0.2, -0.15) is 0 Å². The number of rotatable bonds is 2. The number of phenolic OH excluding ortho intramolecular Hbond substituents is 1. The Labute approximate surface area is 136 Å². The van der Waals surface area contributed by atoms with Crippen LogP contribution >= 0.6 is 0 Å². The molecule has 1 unspecified atom stereocenters. The van der Waals surface area contributed by atoms with Crippen LogP contribution in [0.15, 0.2) is 59.6 Å². The number of benzene rings is 3. The molecule has 0 saturated heterocycles. The van der Waals surface area contributed by atoms with Crippen molar-refractivity contribution < 1.29 is 5.11 Å². The first-order valence-electron chi connectivity index (χ1n) is 8.03. The zero-order valence-electron chi connectivity index (χ0n) is 13.3. The quantitative estimate of drug-likeness (QED) is 0.694.